The Labute approximate surface area is 165 Å². The van der Waals surface area contributed by atoms with Crippen LogP contribution in [0.5, 0.6) is 11.5 Å². The van der Waals surface area contributed by atoms with Crippen molar-refractivity contribution in [2.75, 3.05) is 17.9 Å². The van der Waals surface area contributed by atoms with E-state index in [9.17, 15) is 12.8 Å². The zero-order valence-corrected chi connectivity index (χ0v) is 15.9. The fourth-order valence-electron chi connectivity index (χ4n) is 2.72. The van der Waals surface area contributed by atoms with Gasteiger partial charge in [0.25, 0.3) is 10.0 Å². The predicted molar refractivity (Wildman–Crippen MR) is 103 cm³/mol. The minimum Gasteiger partial charge on any atom is -0.486 e. The number of hydrogen-bond acceptors (Lipinski definition) is 5. The number of fused-ring (bicyclic) bond motifs is 1. The standard InChI is InChI=1S/C19H14ClFN2O4S/c20-19-16(23-28(24,25)15-4-2-14(21)3-5-15)9-13(11-22-19)12-1-6-17-18(10-12)27-8-7-26-17/h1-6,9-11,23H,7-8H2. The smallest absolute Gasteiger partial charge is 0.261 e. The minimum absolute atomic E-state index is 0.00743. The van der Waals surface area contributed by atoms with Gasteiger partial charge < -0.3 is 9.47 Å². The third-order valence-electron chi connectivity index (χ3n) is 4.08. The van der Waals surface area contributed by atoms with Crippen molar-refractivity contribution in [2.45, 2.75) is 4.90 Å². The Kier molecular flexibility index (Phi) is 4.82. The molecule has 1 aliphatic heterocycles. The van der Waals surface area contributed by atoms with E-state index in [4.69, 9.17) is 21.1 Å². The van der Waals surface area contributed by atoms with Crippen molar-refractivity contribution >= 4 is 27.3 Å². The number of sulfonamides is 1. The van der Waals surface area contributed by atoms with Gasteiger partial charge in [0.05, 0.1) is 10.6 Å². The van der Waals surface area contributed by atoms with Crippen LogP contribution in [0.25, 0.3) is 11.1 Å². The lowest BCUT2D eigenvalue weighted by Crippen LogP contribution is -2.15. The second-order valence-electron chi connectivity index (χ2n) is 5.98. The van der Waals surface area contributed by atoms with Crippen molar-refractivity contribution in [1.82, 2.24) is 4.98 Å². The molecule has 0 saturated heterocycles. The van der Waals surface area contributed by atoms with Crippen LogP contribution < -0.4 is 14.2 Å². The average molecular weight is 421 g/mol. The van der Waals surface area contributed by atoms with Gasteiger partial charge in [-0.25, -0.2) is 17.8 Å². The Morgan fingerprint density at radius 3 is 2.43 bits per heavy atom. The van der Waals surface area contributed by atoms with E-state index in [-0.39, 0.29) is 15.7 Å². The molecule has 1 aromatic heterocycles. The summed E-state index contributed by atoms with van der Waals surface area (Å²) in [5.74, 6) is 0.723. The number of halogens is 2. The van der Waals surface area contributed by atoms with Gasteiger partial charge in [-0.05, 0) is 48.0 Å². The van der Waals surface area contributed by atoms with Crippen molar-refractivity contribution in [3.05, 3.63) is 65.7 Å². The van der Waals surface area contributed by atoms with Crippen LogP contribution in [0.4, 0.5) is 10.1 Å². The molecule has 4 rings (SSSR count). The van der Waals surface area contributed by atoms with Crippen LogP contribution in [0.2, 0.25) is 5.15 Å². The predicted octanol–water partition coefficient (Wildman–Crippen LogP) is 4.11. The molecule has 144 valence electrons. The second-order valence-corrected chi connectivity index (χ2v) is 8.02. The first-order chi connectivity index (χ1) is 13.4. The van der Waals surface area contributed by atoms with Gasteiger partial charge in [-0.2, -0.15) is 0 Å². The molecule has 2 aromatic carbocycles. The summed E-state index contributed by atoms with van der Waals surface area (Å²) >= 11 is 6.08. The maximum absolute atomic E-state index is 13.1. The number of ether oxygens (including phenoxy) is 2. The van der Waals surface area contributed by atoms with E-state index in [0.717, 1.165) is 17.7 Å². The van der Waals surface area contributed by atoms with E-state index in [0.29, 0.717) is 30.3 Å². The van der Waals surface area contributed by atoms with Gasteiger partial charge in [-0.15, -0.1) is 0 Å². The molecule has 2 heterocycles. The van der Waals surface area contributed by atoms with Crippen molar-refractivity contribution in [2.24, 2.45) is 0 Å². The number of hydrogen-bond donors (Lipinski definition) is 1. The molecule has 6 nitrogen and oxygen atoms in total. The molecule has 0 aliphatic carbocycles. The van der Waals surface area contributed by atoms with Crippen molar-refractivity contribution < 1.29 is 22.3 Å². The average Bonchev–Trinajstić information content (AvgIpc) is 2.69. The lowest BCUT2D eigenvalue weighted by Gasteiger charge is -2.19. The number of benzene rings is 2. The lowest BCUT2D eigenvalue weighted by atomic mass is 10.1. The number of nitrogens with zero attached hydrogens (tertiary/aromatic N) is 1. The molecule has 3 aromatic rings. The number of pyridine rings is 1. The van der Waals surface area contributed by atoms with E-state index in [1.807, 2.05) is 6.07 Å². The Morgan fingerprint density at radius 1 is 0.964 bits per heavy atom. The summed E-state index contributed by atoms with van der Waals surface area (Å²) in [7, 11) is -3.95. The van der Waals surface area contributed by atoms with Crippen LogP contribution in [-0.4, -0.2) is 26.6 Å². The molecule has 0 bridgehead atoms. The molecule has 1 aliphatic rings. The first-order valence-corrected chi connectivity index (χ1v) is 10.1. The third-order valence-corrected chi connectivity index (χ3v) is 5.77. The highest BCUT2D eigenvalue weighted by atomic mass is 35.5. The van der Waals surface area contributed by atoms with Crippen LogP contribution >= 0.6 is 11.6 Å². The second kappa shape index (κ2) is 7.29. The van der Waals surface area contributed by atoms with Crippen LogP contribution in [0.3, 0.4) is 0 Å². The maximum atomic E-state index is 13.1. The van der Waals surface area contributed by atoms with E-state index in [1.165, 1.54) is 18.3 Å². The van der Waals surface area contributed by atoms with E-state index < -0.39 is 15.8 Å². The van der Waals surface area contributed by atoms with Crippen molar-refractivity contribution in [3.8, 4) is 22.6 Å². The van der Waals surface area contributed by atoms with Gasteiger partial charge in [0.1, 0.15) is 19.0 Å². The molecule has 0 radical (unpaired) electrons. The summed E-state index contributed by atoms with van der Waals surface area (Å²) in [6, 6.07) is 11.4. The van der Waals surface area contributed by atoms with Crippen LogP contribution in [0, 0.1) is 5.82 Å². The Balaban J connectivity index is 1.67. The Hall–Kier alpha value is -2.84. The number of rotatable bonds is 4. The molecular formula is C19H14ClFN2O4S. The number of aromatic nitrogens is 1. The number of nitrogens with one attached hydrogen (secondary N) is 1. The van der Waals surface area contributed by atoms with Crippen LogP contribution in [0.1, 0.15) is 0 Å². The summed E-state index contributed by atoms with van der Waals surface area (Å²) in [6.07, 6.45) is 1.53. The molecule has 0 atom stereocenters. The molecule has 0 saturated carbocycles. The third kappa shape index (κ3) is 3.74. The topological polar surface area (TPSA) is 77.5 Å². The lowest BCUT2D eigenvalue weighted by molar-refractivity contribution is 0.171. The molecule has 0 fully saturated rings. The first-order valence-electron chi connectivity index (χ1n) is 8.26. The highest BCUT2D eigenvalue weighted by molar-refractivity contribution is 7.92. The zero-order valence-electron chi connectivity index (χ0n) is 14.4. The summed E-state index contributed by atoms with van der Waals surface area (Å²) < 4.78 is 51.6. The molecule has 0 unspecified atom stereocenters. The summed E-state index contributed by atoms with van der Waals surface area (Å²) in [4.78, 5) is 3.98. The summed E-state index contributed by atoms with van der Waals surface area (Å²) in [6.45, 7) is 0.947. The minimum atomic E-state index is -3.95. The van der Waals surface area contributed by atoms with Gasteiger partial charge in [0.2, 0.25) is 0 Å². The molecule has 0 spiro atoms. The van der Waals surface area contributed by atoms with Crippen LogP contribution in [0.15, 0.2) is 59.6 Å². The normalized spacial score (nSPS) is 13.2. The van der Waals surface area contributed by atoms with Gasteiger partial charge in [0.15, 0.2) is 16.7 Å². The van der Waals surface area contributed by atoms with Gasteiger partial charge in [0, 0.05) is 11.8 Å². The monoisotopic (exact) mass is 420 g/mol. The summed E-state index contributed by atoms with van der Waals surface area (Å²) in [5, 5.41) is -0.00743. The van der Waals surface area contributed by atoms with Gasteiger partial charge in [-0.1, -0.05) is 17.7 Å². The SMILES string of the molecule is O=S(=O)(Nc1cc(-c2ccc3c(c2)OCCO3)cnc1Cl)c1ccc(F)cc1. The largest absolute Gasteiger partial charge is 0.486 e. The van der Waals surface area contributed by atoms with E-state index >= 15 is 0 Å². The van der Waals surface area contributed by atoms with Crippen LogP contribution in [-0.2, 0) is 10.0 Å². The highest BCUT2D eigenvalue weighted by Gasteiger charge is 2.18. The van der Waals surface area contributed by atoms with E-state index in [1.54, 1.807) is 18.2 Å². The van der Waals surface area contributed by atoms with Gasteiger partial charge in [-0.3, -0.25) is 4.72 Å². The highest BCUT2D eigenvalue weighted by Crippen LogP contribution is 2.36. The fraction of sp³-hybridized carbons (Fsp3) is 0.105. The molecule has 9 heteroatoms. The van der Waals surface area contributed by atoms with E-state index in [2.05, 4.69) is 9.71 Å². The molecule has 28 heavy (non-hydrogen) atoms. The zero-order chi connectivity index (χ0) is 19.7. The van der Waals surface area contributed by atoms with Crippen molar-refractivity contribution in [3.63, 3.8) is 0 Å². The maximum Gasteiger partial charge on any atom is 0.261 e. The molecular weight excluding hydrogens is 407 g/mol. The van der Waals surface area contributed by atoms with Crippen molar-refractivity contribution in [1.29, 1.82) is 0 Å². The molecule has 1 N–H and O–H groups in total. The Bertz CT molecular complexity index is 1140. The fourth-order valence-corrected chi connectivity index (χ4v) is 3.98. The molecule has 0 amide bonds. The van der Waals surface area contributed by atoms with Gasteiger partial charge >= 0.3 is 0 Å². The number of anilines is 1. The summed E-state index contributed by atoms with van der Waals surface area (Å²) in [5.41, 5.74) is 1.51. The Morgan fingerprint density at radius 2 is 1.68 bits per heavy atom. The quantitative estimate of drug-likeness (QED) is 0.642. The first kappa shape index (κ1) is 18.5.